The predicted octanol–water partition coefficient (Wildman–Crippen LogP) is 2.72. The number of ether oxygens (including phenoxy) is 1. The number of nitrogens with zero attached hydrogens (tertiary/aromatic N) is 1. The summed E-state index contributed by atoms with van der Waals surface area (Å²) < 4.78 is 31.6. The Kier molecular flexibility index (Phi) is 7.65. The Morgan fingerprint density at radius 2 is 1.89 bits per heavy atom. The average Bonchev–Trinajstić information content (AvgIpc) is 2.64. The molecule has 0 aromatic heterocycles. The van der Waals surface area contributed by atoms with Crippen LogP contribution in [0.15, 0.2) is 53.4 Å². The molecule has 2 aromatic carbocycles. The highest BCUT2D eigenvalue weighted by molar-refractivity contribution is 7.89. The van der Waals surface area contributed by atoms with Crippen molar-refractivity contribution in [2.75, 3.05) is 26.7 Å². The van der Waals surface area contributed by atoms with E-state index in [9.17, 15) is 13.2 Å². The van der Waals surface area contributed by atoms with Crippen molar-refractivity contribution in [3.8, 4) is 5.75 Å². The first-order chi connectivity index (χ1) is 12.8. The number of likely N-dealkylation sites (N-methyl/N-ethyl adjacent to an activating group) is 1. The quantitative estimate of drug-likeness (QED) is 0.689. The van der Waals surface area contributed by atoms with Crippen LogP contribution in [0.1, 0.15) is 12.5 Å². The Labute approximate surface area is 165 Å². The van der Waals surface area contributed by atoms with Gasteiger partial charge in [-0.05, 0) is 37.1 Å². The van der Waals surface area contributed by atoms with Gasteiger partial charge in [0.2, 0.25) is 15.9 Å². The van der Waals surface area contributed by atoms with Crippen LogP contribution in [0.3, 0.4) is 0 Å². The van der Waals surface area contributed by atoms with Gasteiger partial charge in [-0.2, -0.15) is 4.31 Å². The van der Waals surface area contributed by atoms with Gasteiger partial charge in [0.05, 0.1) is 23.1 Å². The maximum absolute atomic E-state index is 12.6. The van der Waals surface area contributed by atoms with Crippen LogP contribution in [0.4, 0.5) is 0 Å². The highest BCUT2D eigenvalue weighted by Crippen LogP contribution is 2.28. The van der Waals surface area contributed by atoms with Crippen LogP contribution in [0, 0.1) is 0 Å². The molecule has 0 aliphatic heterocycles. The number of carbonyl (C=O) groups excluding carboxylic acids is 1. The molecule has 1 amide bonds. The van der Waals surface area contributed by atoms with Crippen molar-refractivity contribution in [1.82, 2.24) is 9.62 Å². The topological polar surface area (TPSA) is 75.7 Å². The highest BCUT2D eigenvalue weighted by atomic mass is 35.5. The molecule has 146 valence electrons. The summed E-state index contributed by atoms with van der Waals surface area (Å²) in [5, 5.41) is 2.94. The summed E-state index contributed by atoms with van der Waals surface area (Å²) in [5.74, 6) is 0.0495. The Bertz CT molecular complexity index is 873. The van der Waals surface area contributed by atoms with Crippen molar-refractivity contribution in [3.05, 3.63) is 59.1 Å². The summed E-state index contributed by atoms with van der Waals surface area (Å²) in [7, 11) is -2.48. The Morgan fingerprint density at radius 1 is 1.19 bits per heavy atom. The van der Waals surface area contributed by atoms with Gasteiger partial charge in [0, 0.05) is 13.6 Å². The zero-order chi connectivity index (χ0) is 19.9. The van der Waals surface area contributed by atoms with Crippen LogP contribution >= 0.6 is 11.6 Å². The average molecular weight is 411 g/mol. The summed E-state index contributed by atoms with van der Waals surface area (Å²) in [6.07, 6.45) is 0.678. The molecule has 6 nitrogen and oxygen atoms in total. The maximum atomic E-state index is 12.6. The van der Waals surface area contributed by atoms with Gasteiger partial charge in [-0.15, -0.1) is 0 Å². The largest absolute Gasteiger partial charge is 0.492 e. The lowest BCUT2D eigenvalue weighted by atomic mass is 10.1. The fourth-order valence-electron chi connectivity index (χ4n) is 2.43. The van der Waals surface area contributed by atoms with Crippen molar-refractivity contribution < 1.29 is 17.9 Å². The van der Waals surface area contributed by atoms with E-state index < -0.39 is 10.0 Å². The smallest absolute Gasteiger partial charge is 0.243 e. The number of benzene rings is 2. The minimum Gasteiger partial charge on any atom is -0.492 e. The number of carbonyl (C=O) groups is 1. The fourth-order valence-corrected chi connectivity index (χ4v) is 3.88. The van der Waals surface area contributed by atoms with E-state index in [0.29, 0.717) is 25.3 Å². The molecule has 2 aromatic rings. The van der Waals surface area contributed by atoms with E-state index in [1.54, 1.807) is 0 Å². The van der Waals surface area contributed by atoms with Gasteiger partial charge in [-0.25, -0.2) is 8.42 Å². The standard InChI is InChI=1S/C19H23ClN2O4S/c1-3-26-18-10-9-16(13-17(18)20)27(24,25)22(2)14-19(23)21-12-11-15-7-5-4-6-8-15/h4-10,13H,3,11-12,14H2,1-2H3,(H,21,23). The number of amides is 1. The number of hydrogen-bond donors (Lipinski definition) is 1. The lowest BCUT2D eigenvalue weighted by Crippen LogP contribution is -2.39. The van der Waals surface area contributed by atoms with Gasteiger partial charge >= 0.3 is 0 Å². The molecule has 0 atom stereocenters. The minimum atomic E-state index is -3.83. The SMILES string of the molecule is CCOc1ccc(S(=O)(=O)N(C)CC(=O)NCCc2ccccc2)cc1Cl. The van der Waals surface area contributed by atoms with Crippen molar-refractivity contribution in [1.29, 1.82) is 0 Å². The van der Waals surface area contributed by atoms with Crippen LogP contribution in [0.5, 0.6) is 5.75 Å². The number of halogens is 1. The van der Waals surface area contributed by atoms with E-state index in [1.807, 2.05) is 37.3 Å². The number of sulfonamides is 1. The first kappa shape index (κ1) is 21.2. The molecule has 8 heteroatoms. The predicted molar refractivity (Wildman–Crippen MR) is 106 cm³/mol. The normalized spacial score (nSPS) is 11.4. The summed E-state index contributed by atoms with van der Waals surface area (Å²) in [6, 6.07) is 14.0. The first-order valence-corrected chi connectivity index (χ1v) is 10.4. The van der Waals surface area contributed by atoms with Gasteiger partial charge in [0.25, 0.3) is 0 Å². The molecule has 27 heavy (non-hydrogen) atoms. The second kappa shape index (κ2) is 9.73. The zero-order valence-corrected chi connectivity index (χ0v) is 16.9. The molecule has 0 fully saturated rings. The van der Waals surface area contributed by atoms with Crippen LogP contribution in [0.2, 0.25) is 5.02 Å². The highest BCUT2D eigenvalue weighted by Gasteiger charge is 2.23. The van der Waals surface area contributed by atoms with Gasteiger partial charge in [-0.1, -0.05) is 41.9 Å². The third-order valence-corrected chi connectivity index (χ3v) is 5.95. The van der Waals surface area contributed by atoms with Gasteiger partial charge in [0.15, 0.2) is 0 Å². The Hall–Kier alpha value is -2.09. The maximum Gasteiger partial charge on any atom is 0.243 e. The molecular weight excluding hydrogens is 388 g/mol. The van der Waals surface area contributed by atoms with Crippen molar-refractivity contribution in [2.45, 2.75) is 18.2 Å². The summed E-state index contributed by atoms with van der Waals surface area (Å²) in [6.45, 7) is 2.40. The van der Waals surface area contributed by atoms with Crippen molar-refractivity contribution >= 4 is 27.5 Å². The Balaban J connectivity index is 1.94. The van der Waals surface area contributed by atoms with E-state index in [-0.39, 0.29) is 22.4 Å². The second-order valence-electron chi connectivity index (χ2n) is 5.87. The third kappa shape index (κ3) is 5.95. The summed E-state index contributed by atoms with van der Waals surface area (Å²) in [4.78, 5) is 12.1. The molecule has 1 N–H and O–H groups in total. The first-order valence-electron chi connectivity index (χ1n) is 8.54. The molecule has 2 rings (SSSR count). The molecule has 0 bridgehead atoms. The molecule has 0 aliphatic rings. The molecule has 0 unspecified atom stereocenters. The monoisotopic (exact) mass is 410 g/mol. The lowest BCUT2D eigenvalue weighted by molar-refractivity contribution is -0.121. The van der Waals surface area contributed by atoms with Crippen LogP contribution < -0.4 is 10.1 Å². The molecule has 0 spiro atoms. The van der Waals surface area contributed by atoms with E-state index in [2.05, 4.69) is 5.32 Å². The molecule has 0 radical (unpaired) electrons. The van der Waals surface area contributed by atoms with E-state index in [4.69, 9.17) is 16.3 Å². The second-order valence-corrected chi connectivity index (χ2v) is 8.32. The van der Waals surface area contributed by atoms with Crippen molar-refractivity contribution in [3.63, 3.8) is 0 Å². The number of hydrogen-bond acceptors (Lipinski definition) is 4. The van der Waals surface area contributed by atoms with Crippen LogP contribution in [-0.2, 0) is 21.2 Å². The lowest BCUT2D eigenvalue weighted by Gasteiger charge is -2.17. The van der Waals surface area contributed by atoms with E-state index in [1.165, 1.54) is 25.2 Å². The molecule has 0 aliphatic carbocycles. The molecule has 0 saturated carbocycles. The number of nitrogens with one attached hydrogen (secondary N) is 1. The summed E-state index contributed by atoms with van der Waals surface area (Å²) >= 11 is 6.06. The summed E-state index contributed by atoms with van der Waals surface area (Å²) in [5.41, 5.74) is 1.10. The van der Waals surface area contributed by atoms with Gasteiger partial charge < -0.3 is 10.1 Å². The van der Waals surface area contributed by atoms with Gasteiger partial charge in [-0.3, -0.25) is 4.79 Å². The van der Waals surface area contributed by atoms with Crippen LogP contribution in [-0.4, -0.2) is 45.4 Å². The molecular formula is C19H23ClN2O4S. The van der Waals surface area contributed by atoms with Gasteiger partial charge in [0.1, 0.15) is 5.75 Å². The zero-order valence-electron chi connectivity index (χ0n) is 15.3. The number of rotatable bonds is 9. The molecule has 0 saturated heterocycles. The van der Waals surface area contributed by atoms with E-state index >= 15 is 0 Å². The third-order valence-electron chi connectivity index (χ3n) is 3.86. The van der Waals surface area contributed by atoms with E-state index in [0.717, 1.165) is 9.87 Å². The minimum absolute atomic E-state index is 0.00976. The fraction of sp³-hybridized carbons (Fsp3) is 0.316. The van der Waals surface area contributed by atoms with Crippen molar-refractivity contribution in [2.24, 2.45) is 0 Å². The van der Waals surface area contributed by atoms with Crippen LogP contribution in [0.25, 0.3) is 0 Å². The molecule has 0 heterocycles. The Morgan fingerprint density at radius 3 is 2.52 bits per heavy atom.